The molecular formula is C28H30F3N7O4. The molecule has 0 radical (unpaired) electrons. The first-order chi connectivity index (χ1) is 20.2. The van der Waals surface area contributed by atoms with Gasteiger partial charge in [0.1, 0.15) is 23.7 Å². The summed E-state index contributed by atoms with van der Waals surface area (Å²) in [7, 11) is 0. The lowest BCUT2D eigenvalue weighted by atomic mass is 10.1. The van der Waals surface area contributed by atoms with Gasteiger partial charge in [-0.25, -0.2) is 5.10 Å². The fraction of sp³-hybridized carbons (Fsp3) is 0.429. The summed E-state index contributed by atoms with van der Waals surface area (Å²) in [4.78, 5) is 30.6. The number of piperazine rings is 1. The van der Waals surface area contributed by atoms with Crippen molar-refractivity contribution >= 4 is 11.6 Å². The summed E-state index contributed by atoms with van der Waals surface area (Å²) in [5.41, 5.74) is -1.87. The smallest absolute Gasteiger partial charge is 0.423 e. The highest BCUT2D eigenvalue weighted by atomic mass is 19.4. The highest BCUT2D eigenvalue weighted by molar-refractivity contribution is 5.94. The van der Waals surface area contributed by atoms with Crippen LogP contribution >= 0.6 is 0 Å². The standard InChI is InChI=1S/C28H30F3N7O4/c1-18-20(14-32)5-6-24(34-18)36-7-9-37(10-8-36)27(40)19-3-2-4-22(13-19)42-17-21-16-41-12-11-38(21)23-15-33-35-26(39)25(23)28(29,30)31/h2-6,13,15,18,21,34H,7-12,16-17H2,1H3,(H,35,39). The monoisotopic (exact) mass is 585 g/mol. The van der Waals surface area contributed by atoms with Gasteiger partial charge in [0.25, 0.3) is 11.5 Å². The van der Waals surface area contributed by atoms with Gasteiger partial charge in [0, 0.05) is 38.3 Å². The van der Waals surface area contributed by atoms with E-state index in [4.69, 9.17) is 9.47 Å². The maximum absolute atomic E-state index is 13.7. The number of hydrogen-bond acceptors (Lipinski definition) is 9. The van der Waals surface area contributed by atoms with Crippen molar-refractivity contribution in [1.29, 1.82) is 5.26 Å². The summed E-state index contributed by atoms with van der Waals surface area (Å²) in [6, 6.07) is 8.13. The Hall–Kier alpha value is -4.51. The molecular weight excluding hydrogens is 555 g/mol. The topological polar surface area (TPSA) is 127 Å². The first kappa shape index (κ1) is 29.0. The molecule has 2 N–H and O–H groups in total. The third-order valence-electron chi connectivity index (χ3n) is 7.47. The summed E-state index contributed by atoms with van der Waals surface area (Å²) < 4.78 is 52.5. The van der Waals surface area contributed by atoms with E-state index in [0.29, 0.717) is 43.1 Å². The second kappa shape index (κ2) is 12.2. The molecule has 0 bridgehead atoms. The van der Waals surface area contributed by atoms with Crippen LogP contribution in [-0.4, -0.2) is 90.5 Å². The molecule has 2 fully saturated rings. The second-order valence-electron chi connectivity index (χ2n) is 10.1. The van der Waals surface area contributed by atoms with E-state index in [1.165, 1.54) is 4.90 Å². The normalized spacial score (nSPS) is 21.2. The molecule has 11 nitrogen and oxygen atoms in total. The fourth-order valence-electron chi connectivity index (χ4n) is 5.23. The number of dihydropyridines is 1. The van der Waals surface area contributed by atoms with Gasteiger partial charge in [0.05, 0.1) is 48.8 Å². The van der Waals surface area contributed by atoms with E-state index in [2.05, 4.69) is 21.4 Å². The van der Waals surface area contributed by atoms with E-state index >= 15 is 0 Å². The number of rotatable bonds is 6. The largest absolute Gasteiger partial charge is 0.491 e. The zero-order chi connectivity index (χ0) is 29.9. The number of aromatic amines is 1. The Kier molecular flexibility index (Phi) is 8.39. The third kappa shape index (κ3) is 6.20. The number of aromatic nitrogens is 2. The molecule has 4 heterocycles. The summed E-state index contributed by atoms with van der Waals surface area (Å²) >= 11 is 0. The fourth-order valence-corrected chi connectivity index (χ4v) is 5.23. The van der Waals surface area contributed by atoms with Crippen LogP contribution in [0, 0.1) is 11.3 Å². The second-order valence-corrected chi connectivity index (χ2v) is 10.1. The third-order valence-corrected chi connectivity index (χ3v) is 7.47. The van der Waals surface area contributed by atoms with E-state index < -0.39 is 23.3 Å². The van der Waals surface area contributed by atoms with E-state index in [1.807, 2.05) is 24.2 Å². The van der Waals surface area contributed by atoms with Crippen LogP contribution in [0.1, 0.15) is 22.8 Å². The van der Waals surface area contributed by atoms with Crippen molar-refractivity contribution in [3.05, 3.63) is 75.5 Å². The molecule has 2 saturated heterocycles. The van der Waals surface area contributed by atoms with Gasteiger partial charge < -0.3 is 29.5 Å². The van der Waals surface area contributed by atoms with Crippen LogP contribution in [0.4, 0.5) is 18.9 Å². The van der Waals surface area contributed by atoms with Crippen molar-refractivity contribution in [2.45, 2.75) is 25.2 Å². The predicted octanol–water partition coefficient (Wildman–Crippen LogP) is 2.11. The predicted molar refractivity (Wildman–Crippen MR) is 146 cm³/mol. The molecule has 0 spiro atoms. The molecule has 1 amide bonds. The summed E-state index contributed by atoms with van der Waals surface area (Å²) in [6.07, 6.45) is -0.186. The average molecular weight is 586 g/mol. The molecule has 42 heavy (non-hydrogen) atoms. The van der Waals surface area contributed by atoms with Gasteiger partial charge in [0.15, 0.2) is 0 Å². The highest BCUT2D eigenvalue weighted by Crippen LogP contribution is 2.34. The van der Waals surface area contributed by atoms with E-state index in [-0.39, 0.29) is 44.0 Å². The number of anilines is 1. The zero-order valence-corrected chi connectivity index (χ0v) is 22.9. The Morgan fingerprint density at radius 1 is 1.21 bits per heavy atom. The lowest BCUT2D eigenvalue weighted by molar-refractivity contribution is -0.138. The molecule has 3 aliphatic rings. The summed E-state index contributed by atoms with van der Waals surface area (Å²) in [5.74, 6) is 1.15. The number of benzene rings is 1. The van der Waals surface area contributed by atoms with E-state index in [1.54, 1.807) is 29.2 Å². The van der Waals surface area contributed by atoms with Gasteiger partial charge in [-0.1, -0.05) is 6.07 Å². The Morgan fingerprint density at radius 2 is 2.00 bits per heavy atom. The van der Waals surface area contributed by atoms with Gasteiger partial charge in [-0.05, 0) is 37.3 Å². The lowest BCUT2D eigenvalue weighted by Gasteiger charge is -2.39. The van der Waals surface area contributed by atoms with E-state index in [0.717, 1.165) is 12.0 Å². The summed E-state index contributed by atoms with van der Waals surface area (Å²) in [5, 5.41) is 17.9. The SMILES string of the molecule is CC1NC(N2CCN(C(=O)c3cccc(OCC4COCCN4c4cn[nH]c(=O)c4C(F)(F)F)c3)CC2)=CC=C1C#N. The molecule has 1 aromatic heterocycles. The number of ether oxygens (including phenoxy) is 2. The molecule has 5 rings (SSSR count). The number of amides is 1. The number of nitriles is 1. The van der Waals surface area contributed by atoms with Crippen LogP contribution in [0.3, 0.4) is 0 Å². The van der Waals surface area contributed by atoms with Crippen LogP contribution in [0.15, 0.2) is 58.8 Å². The number of halogens is 3. The summed E-state index contributed by atoms with van der Waals surface area (Å²) in [6.45, 7) is 4.53. The first-order valence-corrected chi connectivity index (χ1v) is 13.5. The van der Waals surface area contributed by atoms with Gasteiger partial charge >= 0.3 is 6.18 Å². The van der Waals surface area contributed by atoms with Crippen molar-refractivity contribution in [3.63, 3.8) is 0 Å². The molecule has 3 aliphatic heterocycles. The molecule has 1 aromatic carbocycles. The van der Waals surface area contributed by atoms with Gasteiger partial charge in [-0.3, -0.25) is 9.59 Å². The lowest BCUT2D eigenvalue weighted by Crippen LogP contribution is -2.51. The Bertz CT molecular complexity index is 1470. The number of nitrogens with one attached hydrogen (secondary N) is 2. The van der Waals surface area contributed by atoms with Gasteiger partial charge in [0.2, 0.25) is 0 Å². The van der Waals surface area contributed by atoms with Crippen molar-refractivity contribution < 1.29 is 27.4 Å². The number of morpholine rings is 1. The van der Waals surface area contributed by atoms with Gasteiger partial charge in [-0.2, -0.15) is 23.5 Å². The number of hydrogen-bond donors (Lipinski definition) is 2. The molecule has 2 unspecified atom stereocenters. The Labute approximate surface area is 239 Å². The minimum absolute atomic E-state index is 0.0388. The minimum Gasteiger partial charge on any atom is -0.491 e. The average Bonchev–Trinajstić information content (AvgIpc) is 2.99. The van der Waals surface area contributed by atoms with Crippen molar-refractivity contribution in [3.8, 4) is 11.8 Å². The number of alkyl halides is 3. The Morgan fingerprint density at radius 3 is 2.71 bits per heavy atom. The van der Waals surface area contributed by atoms with Crippen LogP contribution in [0.25, 0.3) is 0 Å². The zero-order valence-electron chi connectivity index (χ0n) is 22.9. The van der Waals surface area contributed by atoms with Crippen molar-refractivity contribution in [2.75, 3.05) is 57.4 Å². The number of allylic oxidation sites excluding steroid dienone is 2. The Balaban J connectivity index is 1.22. The maximum atomic E-state index is 13.7. The van der Waals surface area contributed by atoms with Crippen LogP contribution in [-0.2, 0) is 10.9 Å². The quantitative estimate of drug-likeness (QED) is 0.524. The molecule has 14 heteroatoms. The van der Waals surface area contributed by atoms with Crippen LogP contribution in [0.2, 0.25) is 0 Å². The minimum atomic E-state index is -4.87. The highest BCUT2D eigenvalue weighted by Gasteiger charge is 2.40. The number of carbonyl (C=O) groups excluding carboxylic acids is 1. The molecule has 2 atom stereocenters. The maximum Gasteiger partial charge on any atom is 0.423 e. The van der Waals surface area contributed by atoms with Crippen LogP contribution < -0.4 is 20.5 Å². The van der Waals surface area contributed by atoms with E-state index in [9.17, 15) is 28.0 Å². The first-order valence-electron chi connectivity index (χ1n) is 13.5. The molecule has 2 aromatic rings. The van der Waals surface area contributed by atoms with Gasteiger partial charge in [-0.15, -0.1) is 0 Å². The van der Waals surface area contributed by atoms with Crippen LogP contribution in [0.5, 0.6) is 5.75 Å². The molecule has 222 valence electrons. The molecule has 0 aliphatic carbocycles. The van der Waals surface area contributed by atoms with Crippen molar-refractivity contribution in [2.24, 2.45) is 0 Å². The number of nitrogens with zero attached hydrogens (tertiary/aromatic N) is 5. The number of carbonyl (C=O) groups is 1. The number of H-pyrrole nitrogens is 1. The molecule has 0 saturated carbocycles. The van der Waals surface area contributed by atoms with Crippen molar-refractivity contribution in [1.82, 2.24) is 25.3 Å².